The Balaban J connectivity index is 1.84. The zero-order valence-electron chi connectivity index (χ0n) is 15.4. The van der Waals surface area contributed by atoms with E-state index in [1.807, 2.05) is 49.3 Å². The molecule has 2 rings (SSSR count). The van der Waals surface area contributed by atoms with Gasteiger partial charge in [-0.15, -0.1) is 0 Å². The molecular formula is C20H25ClN2O3. The van der Waals surface area contributed by atoms with E-state index in [9.17, 15) is 4.79 Å². The van der Waals surface area contributed by atoms with Crippen molar-refractivity contribution in [3.63, 3.8) is 0 Å². The Morgan fingerprint density at radius 2 is 1.92 bits per heavy atom. The molecule has 6 heteroatoms. The number of likely N-dealkylation sites (N-methyl/N-ethyl adjacent to an activating group) is 1. The lowest BCUT2D eigenvalue weighted by Crippen LogP contribution is -2.27. The van der Waals surface area contributed by atoms with Crippen molar-refractivity contribution in [2.75, 3.05) is 32.6 Å². The van der Waals surface area contributed by atoms with E-state index in [-0.39, 0.29) is 5.91 Å². The molecule has 140 valence electrons. The average Bonchev–Trinajstić information content (AvgIpc) is 2.62. The number of hydrogen-bond donors (Lipinski definition) is 1. The summed E-state index contributed by atoms with van der Waals surface area (Å²) in [6.07, 6.45) is -0.579. The first-order valence-corrected chi connectivity index (χ1v) is 8.87. The average molecular weight is 377 g/mol. The van der Waals surface area contributed by atoms with Crippen molar-refractivity contribution in [1.29, 1.82) is 0 Å². The molecule has 0 radical (unpaired) electrons. The summed E-state index contributed by atoms with van der Waals surface area (Å²) >= 11 is 6.23. The SMILES string of the molecule is CC(OCc1ccccc1)C(=O)Nc1ccc(OCCN(C)C)c(Cl)c1. The third-order valence-electron chi connectivity index (χ3n) is 3.71. The summed E-state index contributed by atoms with van der Waals surface area (Å²) in [5, 5.41) is 3.27. The molecule has 5 nitrogen and oxygen atoms in total. The van der Waals surface area contributed by atoms with Crippen LogP contribution >= 0.6 is 11.6 Å². The predicted octanol–water partition coefficient (Wildman–Crippen LogP) is 3.82. The molecule has 0 spiro atoms. The van der Waals surface area contributed by atoms with Gasteiger partial charge in [0.05, 0.1) is 11.6 Å². The maximum Gasteiger partial charge on any atom is 0.253 e. The van der Waals surface area contributed by atoms with Crippen LogP contribution in [-0.2, 0) is 16.1 Å². The van der Waals surface area contributed by atoms with Gasteiger partial charge in [-0.2, -0.15) is 0 Å². The number of nitrogens with zero attached hydrogens (tertiary/aromatic N) is 1. The van der Waals surface area contributed by atoms with E-state index in [2.05, 4.69) is 5.32 Å². The van der Waals surface area contributed by atoms with Gasteiger partial charge in [0.15, 0.2) is 0 Å². The number of anilines is 1. The number of halogens is 1. The Kier molecular flexibility index (Phi) is 7.91. The maximum atomic E-state index is 12.3. The van der Waals surface area contributed by atoms with E-state index in [4.69, 9.17) is 21.1 Å². The van der Waals surface area contributed by atoms with E-state index < -0.39 is 6.10 Å². The van der Waals surface area contributed by atoms with Gasteiger partial charge in [-0.25, -0.2) is 0 Å². The minimum atomic E-state index is -0.579. The van der Waals surface area contributed by atoms with Crippen molar-refractivity contribution in [2.24, 2.45) is 0 Å². The number of amides is 1. The Labute approximate surface area is 159 Å². The molecule has 26 heavy (non-hydrogen) atoms. The van der Waals surface area contributed by atoms with Crippen LogP contribution in [0.3, 0.4) is 0 Å². The smallest absolute Gasteiger partial charge is 0.253 e. The van der Waals surface area contributed by atoms with E-state index in [0.717, 1.165) is 12.1 Å². The first kappa shape index (κ1) is 20.2. The monoisotopic (exact) mass is 376 g/mol. The zero-order valence-corrected chi connectivity index (χ0v) is 16.1. The van der Waals surface area contributed by atoms with Crippen molar-refractivity contribution in [3.8, 4) is 5.75 Å². The lowest BCUT2D eigenvalue weighted by atomic mass is 10.2. The minimum absolute atomic E-state index is 0.224. The van der Waals surface area contributed by atoms with E-state index in [1.165, 1.54) is 0 Å². The standard InChI is InChI=1S/C20H25ClN2O3/c1-15(26-14-16-7-5-4-6-8-16)20(24)22-17-9-10-19(18(21)13-17)25-12-11-23(2)3/h4-10,13,15H,11-12,14H2,1-3H3,(H,22,24). The fourth-order valence-corrected chi connectivity index (χ4v) is 2.38. The zero-order chi connectivity index (χ0) is 18.9. The lowest BCUT2D eigenvalue weighted by Gasteiger charge is -2.15. The number of benzene rings is 2. The molecule has 1 N–H and O–H groups in total. The molecule has 0 aliphatic heterocycles. The summed E-state index contributed by atoms with van der Waals surface area (Å²) in [6.45, 7) is 3.45. The van der Waals surface area contributed by atoms with Gasteiger partial charge < -0.3 is 19.7 Å². The van der Waals surface area contributed by atoms with E-state index in [0.29, 0.717) is 29.7 Å². The van der Waals surface area contributed by atoms with Crippen LogP contribution in [0.1, 0.15) is 12.5 Å². The number of rotatable bonds is 9. The molecule has 2 aromatic carbocycles. The molecule has 0 fully saturated rings. The molecule has 0 saturated heterocycles. The van der Waals surface area contributed by atoms with Crippen molar-refractivity contribution in [2.45, 2.75) is 19.6 Å². The van der Waals surface area contributed by atoms with Gasteiger partial charge in [0.2, 0.25) is 0 Å². The first-order valence-electron chi connectivity index (χ1n) is 8.49. The fraction of sp³-hybridized carbons (Fsp3) is 0.350. The molecule has 0 heterocycles. The topological polar surface area (TPSA) is 50.8 Å². The second kappa shape index (κ2) is 10.2. The summed E-state index contributed by atoms with van der Waals surface area (Å²) in [4.78, 5) is 14.3. The van der Waals surface area contributed by atoms with Crippen molar-refractivity contribution >= 4 is 23.2 Å². The molecule has 0 aliphatic rings. The molecule has 0 saturated carbocycles. The Hall–Kier alpha value is -2.08. The maximum absolute atomic E-state index is 12.3. The second-order valence-electron chi connectivity index (χ2n) is 6.23. The van der Waals surface area contributed by atoms with Gasteiger partial charge in [-0.3, -0.25) is 4.79 Å². The van der Waals surface area contributed by atoms with Gasteiger partial charge in [0.1, 0.15) is 18.5 Å². The number of carbonyl (C=O) groups excluding carboxylic acids is 1. The summed E-state index contributed by atoms with van der Waals surface area (Å²) < 4.78 is 11.2. The molecule has 0 aromatic heterocycles. The Morgan fingerprint density at radius 3 is 2.58 bits per heavy atom. The van der Waals surface area contributed by atoms with Crippen molar-refractivity contribution < 1.29 is 14.3 Å². The molecule has 2 aromatic rings. The van der Waals surface area contributed by atoms with Gasteiger partial charge in [0.25, 0.3) is 5.91 Å². The minimum Gasteiger partial charge on any atom is -0.491 e. The molecule has 0 aliphatic carbocycles. The summed E-state index contributed by atoms with van der Waals surface area (Å²) in [5.74, 6) is 0.373. The Morgan fingerprint density at radius 1 is 1.19 bits per heavy atom. The molecule has 1 atom stereocenters. The Bertz CT molecular complexity index is 707. The predicted molar refractivity (Wildman–Crippen MR) is 105 cm³/mol. The van der Waals surface area contributed by atoms with Crippen molar-refractivity contribution in [1.82, 2.24) is 4.90 Å². The summed E-state index contributed by atoms with van der Waals surface area (Å²) in [6, 6.07) is 14.9. The quantitative estimate of drug-likeness (QED) is 0.722. The summed E-state index contributed by atoms with van der Waals surface area (Å²) in [5.41, 5.74) is 1.63. The van der Waals surface area contributed by atoms with Crippen LogP contribution in [0.5, 0.6) is 5.75 Å². The van der Waals surface area contributed by atoms with Crippen LogP contribution in [0, 0.1) is 0 Å². The molecule has 1 amide bonds. The highest BCUT2D eigenvalue weighted by Crippen LogP contribution is 2.27. The van der Waals surface area contributed by atoms with Gasteiger partial charge >= 0.3 is 0 Å². The number of carbonyl (C=O) groups is 1. The molecule has 0 bridgehead atoms. The normalized spacial score (nSPS) is 12.0. The van der Waals surface area contributed by atoms with Crippen molar-refractivity contribution in [3.05, 3.63) is 59.1 Å². The van der Waals surface area contributed by atoms with Crippen LogP contribution in [0.15, 0.2) is 48.5 Å². The van der Waals surface area contributed by atoms with Crippen LogP contribution in [0.2, 0.25) is 5.02 Å². The highest BCUT2D eigenvalue weighted by molar-refractivity contribution is 6.32. The lowest BCUT2D eigenvalue weighted by molar-refractivity contribution is -0.127. The molecule has 1 unspecified atom stereocenters. The largest absolute Gasteiger partial charge is 0.491 e. The van der Waals surface area contributed by atoms with Crippen LogP contribution in [0.25, 0.3) is 0 Å². The highest BCUT2D eigenvalue weighted by atomic mass is 35.5. The van der Waals surface area contributed by atoms with E-state index >= 15 is 0 Å². The number of ether oxygens (including phenoxy) is 2. The summed E-state index contributed by atoms with van der Waals surface area (Å²) in [7, 11) is 3.95. The van der Waals surface area contributed by atoms with Crippen LogP contribution in [-0.4, -0.2) is 44.2 Å². The number of nitrogens with one attached hydrogen (secondary N) is 1. The van der Waals surface area contributed by atoms with Crippen LogP contribution in [0.4, 0.5) is 5.69 Å². The third-order valence-corrected chi connectivity index (χ3v) is 4.00. The second-order valence-corrected chi connectivity index (χ2v) is 6.63. The van der Waals surface area contributed by atoms with E-state index in [1.54, 1.807) is 25.1 Å². The highest BCUT2D eigenvalue weighted by Gasteiger charge is 2.14. The fourth-order valence-electron chi connectivity index (χ4n) is 2.15. The first-order chi connectivity index (χ1) is 12.5. The van der Waals surface area contributed by atoms with Gasteiger partial charge in [-0.05, 0) is 44.8 Å². The molecular weight excluding hydrogens is 352 g/mol. The van der Waals surface area contributed by atoms with Gasteiger partial charge in [-0.1, -0.05) is 41.9 Å². The van der Waals surface area contributed by atoms with Crippen LogP contribution < -0.4 is 10.1 Å². The third kappa shape index (κ3) is 6.67. The number of hydrogen-bond acceptors (Lipinski definition) is 4. The van der Waals surface area contributed by atoms with Gasteiger partial charge in [0, 0.05) is 12.2 Å².